The number of hydrogen-bond acceptors (Lipinski definition) is 5. The highest BCUT2D eigenvalue weighted by molar-refractivity contribution is 7.18. The molecule has 6 heteroatoms. The van der Waals surface area contributed by atoms with E-state index in [1.165, 1.54) is 20.8 Å². The van der Waals surface area contributed by atoms with Gasteiger partial charge in [-0.2, -0.15) is 0 Å². The molecule has 0 unspecified atom stereocenters. The summed E-state index contributed by atoms with van der Waals surface area (Å²) in [6, 6.07) is 18.8. The highest BCUT2D eigenvalue weighted by Gasteiger charge is 2.23. The molecule has 0 saturated carbocycles. The SMILES string of the molecule is O=C(CN1CCN(Cc2nc3ccccc3s2)CC1)N1CC=C(c2ccccc2)CC1. The minimum atomic E-state index is 0.253. The fourth-order valence-electron chi connectivity index (χ4n) is 4.39. The third-order valence-electron chi connectivity index (χ3n) is 6.23. The number of benzene rings is 2. The standard InChI is InChI=1S/C25H28N4OS/c30-25(29-12-10-21(11-13-29)20-6-2-1-3-7-20)19-28-16-14-27(15-17-28)18-24-26-22-8-4-5-9-23(22)31-24/h1-10H,11-19H2. The molecule has 0 bridgehead atoms. The number of thiazole rings is 1. The lowest BCUT2D eigenvalue weighted by molar-refractivity contribution is -0.132. The van der Waals surface area contributed by atoms with Crippen LogP contribution in [0.5, 0.6) is 0 Å². The lowest BCUT2D eigenvalue weighted by atomic mass is 9.99. The highest BCUT2D eigenvalue weighted by atomic mass is 32.1. The predicted molar refractivity (Wildman–Crippen MR) is 127 cm³/mol. The Kier molecular flexibility index (Phi) is 6.11. The van der Waals surface area contributed by atoms with E-state index >= 15 is 0 Å². The second-order valence-corrected chi connectivity index (χ2v) is 9.43. The van der Waals surface area contributed by atoms with Gasteiger partial charge in [-0.25, -0.2) is 4.98 Å². The van der Waals surface area contributed by atoms with Gasteiger partial charge in [-0.15, -0.1) is 11.3 Å². The van der Waals surface area contributed by atoms with E-state index < -0.39 is 0 Å². The molecule has 3 heterocycles. The normalized spacial score (nSPS) is 18.3. The van der Waals surface area contributed by atoms with Crippen molar-refractivity contribution >= 4 is 33.0 Å². The minimum Gasteiger partial charge on any atom is -0.338 e. The summed E-state index contributed by atoms with van der Waals surface area (Å²) in [5.74, 6) is 0.253. The maximum Gasteiger partial charge on any atom is 0.237 e. The average Bonchev–Trinajstić information content (AvgIpc) is 3.23. The molecular formula is C25H28N4OS. The molecule has 31 heavy (non-hydrogen) atoms. The van der Waals surface area contributed by atoms with Gasteiger partial charge < -0.3 is 4.90 Å². The molecule has 1 fully saturated rings. The Morgan fingerprint density at radius 3 is 2.39 bits per heavy atom. The molecule has 2 aliphatic heterocycles. The molecule has 5 rings (SSSR count). The Morgan fingerprint density at radius 1 is 0.903 bits per heavy atom. The third kappa shape index (κ3) is 4.87. The summed E-state index contributed by atoms with van der Waals surface area (Å²) < 4.78 is 1.26. The van der Waals surface area contributed by atoms with Gasteiger partial charge in [-0.05, 0) is 29.7 Å². The number of aromatic nitrogens is 1. The number of para-hydroxylation sites is 1. The quantitative estimate of drug-likeness (QED) is 0.616. The zero-order valence-corrected chi connectivity index (χ0v) is 18.6. The van der Waals surface area contributed by atoms with Crippen molar-refractivity contribution in [3.05, 3.63) is 71.2 Å². The van der Waals surface area contributed by atoms with Crippen molar-refractivity contribution in [1.82, 2.24) is 19.7 Å². The Morgan fingerprint density at radius 2 is 1.65 bits per heavy atom. The van der Waals surface area contributed by atoms with Crippen LogP contribution in [-0.4, -0.2) is 71.4 Å². The first-order chi connectivity index (χ1) is 15.2. The van der Waals surface area contributed by atoms with E-state index in [-0.39, 0.29) is 5.91 Å². The van der Waals surface area contributed by atoms with E-state index in [4.69, 9.17) is 4.98 Å². The van der Waals surface area contributed by atoms with E-state index in [1.807, 2.05) is 17.0 Å². The number of carbonyl (C=O) groups excluding carboxylic acids is 1. The Bertz CT molecular complexity index is 1040. The first kappa shape index (κ1) is 20.4. The monoisotopic (exact) mass is 432 g/mol. The van der Waals surface area contributed by atoms with Gasteiger partial charge in [0.15, 0.2) is 0 Å². The largest absolute Gasteiger partial charge is 0.338 e. The third-order valence-corrected chi connectivity index (χ3v) is 7.25. The number of piperazine rings is 1. The molecule has 0 radical (unpaired) electrons. The molecule has 5 nitrogen and oxygen atoms in total. The van der Waals surface area contributed by atoms with E-state index in [1.54, 1.807) is 11.3 Å². The fourth-order valence-corrected chi connectivity index (χ4v) is 5.40. The number of carbonyl (C=O) groups is 1. The molecule has 1 aromatic heterocycles. The second kappa shape index (κ2) is 9.30. The summed E-state index contributed by atoms with van der Waals surface area (Å²) in [5.41, 5.74) is 3.73. The number of fused-ring (bicyclic) bond motifs is 1. The molecule has 0 spiro atoms. The average molecular weight is 433 g/mol. The van der Waals surface area contributed by atoms with Gasteiger partial charge in [-0.1, -0.05) is 48.5 Å². The fraction of sp³-hybridized carbons (Fsp3) is 0.360. The maximum absolute atomic E-state index is 12.8. The van der Waals surface area contributed by atoms with Crippen LogP contribution >= 0.6 is 11.3 Å². The molecule has 0 atom stereocenters. The van der Waals surface area contributed by atoms with Gasteiger partial charge in [-0.3, -0.25) is 14.6 Å². The first-order valence-corrected chi connectivity index (χ1v) is 11.9. The van der Waals surface area contributed by atoms with Crippen LogP contribution in [-0.2, 0) is 11.3 Å². The molecular weight excluding hydrogens is 404 g/mol. The van der Waals surface area contributed by atoms with Crippen molar-refractivity contribution in [1.29, 1.82) is 0 Å². The van der Waals surface area contributed by atoms with Crippen LogP contribution in [0.1, 0.15) is 17.0 Å². The molecule has 1 amide bonds. The molecule has 0 aliphatic carbocycles. The zero-order chi connectivity index (χ0) is 21.0. The Labute approximate surface area is 187 Å². The molecule has 1 saturated heterocycles. The van der Waals surface area contributed by atoms with Gasteiger partial charge in [0.2, 0.25) is 5.91 Å². The topological polar surface area (TPSA) is 39.7 Å². The van der Waals surface area contributed by atoms with Gasteiger partial charge in [0.25, 0.3) is 0 Å². The van der Waals surface area contributed by atoms with Gasteiger partial charge >= 0.3 is 0 Å². The summed E-state index contributed by atoms with van der Waals surface area (Å²) >= 11 is 1.79. The minimum absolute atomic E-state index is 0.253. The van der Waals surface area contributed by atoms with Crippen LogP contribution in [0.3, 0.4) is 0 Å². The first-order valence-electron chi connectivity index (χ1n) is 11.1. The van der Waals surface area contributed by atoms with Crippen LogP contribution in [0.15, 0.2) is 60.7 Å². The molecule has 3 aromatic rings. The summed E-state index contributed by atoms with van der Waals surface area (Å²) in [6.45, 7) is 6.83. The van der Waals surface area contributed by atoms with E-state index in [2.05, 4.69) is 58.3 Å². The van der Waals surface area contributed by atoms with Crippen molar-refractivity contribution in [2.75, 3.05) is 45.8 Å². The summed E-state index contributed by atoms with van der Waals surface area (Å²) in [4.78, 5) is 24.3. The van der Waals surface area contributed by atoms with E-state index in [0.717, 1.165) is 57.8 Å². The molecule has 160 valence electrons. The molecule has 2 aromatic carbocycles. The van der Waals surface area contributed by atoms with Crippen LogP contribution < -0.4 is 0 Å². The number of hydrogen-bond donors (Lipinski definition) is 0. The van der Waals surface area contributed by atoms with Gasteiger partial charge in [0.1, 0.15) is 5.01 Å². The van der Waals surface area contributed by atoms with Crippen molar-refractivity contribution < 1.29 is 4.79 Å². The van der Waals surface area contributed by atoms with Crippen molar-refractivity contribution in [2.45, 2.75) is 13.0 Å². The van der Waals surface area contributed by atoms with Crippen molar-refractivity contribution in [3.63, 3.8) is 0 Å². The predicted octanol–water partition coefficient (Wildman–Crippen LogP) is 3.73. The van der Waals surface area contributed by atoms with Crippen LogP contribution in [0, 0.1) is 0 Å². The lowest BCUT2D eigenvalue weighted by Gasteiger charge is -2.35. The van der Waals surface area contributed by atoms with Gasteiger partial charge in [0.05, 0.1) is 23.3 Å². The summed E-state index contributed by atoms with van der Waals surface area (Å²) in [5, 5.41) is 1.18. The van der Waals surface area contributed by atoms with Gasteiger partial charge in [0, 0.05) is 39.3 Å². The summed E-state index contributed by atoms with van der Waals surface area (Å²) in [7, 11) is 0. The number of rotatable bonds is 5. The Hall–Kier alpha value is -2.54. The van der Waals surface area contributed by atoms with E-state index in [9.17, 15) is 4.79 Å². The Balaban J connectivity index is 1.09. The lowest BCUT2D eigenvalue weighted by Crippen LogP contribution is -2.50. The summed E-state index contributed by atoms with van der Waals surface area (Å²) in [6.07, 6.45) is 3.15. The van der Waals surface area contributed by atoms with Crippen LogP contribution in [0.2, 0.25) is 0 Å². The van der Waals surface area contributed by atoms with Crippen molar-refractivity contribution in [2.24, 2.45) is 0 Å². The number of amides is 1. The van der Waals surface area contributed by atoms with Crippen LogP contribution in [0.4, 0.5) is 0 Å². The smallest absolute Gasteiger partial charge is 0.237 e. The highest BCUT2D eigenvalue weighted by Crippen LogP contribution is 2.24. The van der Waals surface area contributed by atoms with Crippen LogP contribution in [0.25, 0.3) is 15.8 Å². The zero-order valence-electron chi connectivity index (χ0n) is 17.7. The molecule has 2 aliphatic rings. The van der Waals surface area contributed by atoms with Crippen molar-refractivity contribution in [3.8, 4) is 0 Å². The molecule has 0 N–H and O–H groups in total. The van der Waals surface area contributed by atoms with E-state index in [0.29, 0.717) is 6.54 Å². The number of nitrogens with zero attached hydrogens (tertiary/aromatic N) is 4. The second-order valence-electron chi connectivity index (χ2n) is 8.31. The maximum atomic E-state index is 12.8.